The molecule has 0 spiro atoms. The molecule has 174 valence electrons. The van der Waals surface area contributed by atoms with E-state index in [0.29, 0.717) is 41.5 Å². The van der Waals surface area contributed by atoms with Gasteiger partial charge in [0.25, 0.3) is 0 Å². The second kappa shape index (κ2) is 10.5. The summed E-state index contributed by atoms with van der Waals surface area (Å²) in [7, 11) is 3.21. The molecule has 33 heavy (non-hydrogen) atoms. The fourth-order valence-corrected chi connectivity index (χ4v) is 3.81. The van der Waals surface area contributed by atoms with Crippen LogP contribution >= 0.6 is 11.8 Å². The number of ether oxygens (including phenoxy) is 2. The highest BCUT2D eigenvalue weighted by Gasteiger charge is 2.29. The predicted octanol–water partition coefficient (Wildman–Crippen LogP) is 3.82. The Morgan fingerprint density at radius 2 is 1.94 bits per heavy atom. The Hall–Kier alpha value is -3.31. The Bertz CT molecular complexity index is 1100. The van der Waals surface area contributed by atoms with Crippen LogP contribution in [0.15, 0.2) is 40.4 Å². The predicted molar refractivity (Wildman–Crippen MR) is 127 cm³/mol. The molecule has 2 heterocycles. The quantitative estimate of drug-likeness (QED) is 0.245. The first-order chi connectivity index (χ1) is 16.1. The van der Waals surface area contributed by atoms with Crippen molar-refractivity contribution in [2.75, 3.05) is 43.3 Å². The number of benzene rings is 1. The fraction of sp³-hybridized carbons (Fsp3) is 0.364. The first-order valence-corrected chi connectivity index (χ1v) is 11.4. The van der Waals surface area contributed by atoms with Crippen LogP contribution in [-0.4, -0.2) is 53.4 Å². The third-order valence-electron chi connectivity index (χ3n) is 4.88. The fourth-order valence-electron chi connectivity index (χ4n) is 3.05. The highest BCUT2D eigenvalue weighted by molar-refractivity contribution is 7.99. The van der Waals surface area contributed by atoms with Gasteiger partial charge in [-0.25, -0.2) is 9.97 Å². The molecule has 11 heteroatoms. The van der Waals surface area contributed by atoms with Gasteiger partial charge in [0.05, 0.1) is 13.7 Å². The largest absolute Gasteiger partial charge is 0.490 e. The number of carbonyl (C=O) groups excluding carboxylic acids is 1. The first kappa shape index (κ1) is 22.9. The third kappa shape index (κ3) is 6.14. The maximum Gasteiger partial charge on any atom is 0.227 e. The van der Waals surface area contributed by atoms with Gasteiger partial charge in [-0.05, 0) is 55.8 Å². The van der Waals surface area contributed by atoms with Crippen LogP contribution in [0, 0.1) is 12.8 Å². The van der Waals surface area contributed by atoms with E-state index in [4.69, 9.17) is 9.47 Å². The van der Waals surface area contributed by atoms with Crippen molar-refractivity contribution in [1.29, 1.82) is 0 Å². The molecule has 3 aromatic rings. The molecule has 0 aliphatic heterocycles. The lowest BCUT2D eigenvalue weighted by molar-refractivity contribution is -0.117. The van der Waals surface area contributed by atoms with Crippen molar-refractivity contribution < 1.29 is 14.3 Å². The number of aromatic nitrogens is 4. The lowest BCUT2D eigenvalue weighted by Crippen LogP contribution is -2.13. The zero-order chi connectivity index (χ0) is 23.2. The SMILES string of the molecule is COCCNc1nc(Sc2ccc(NC(=O)C3CC3)cc2)nc(Nc2cc(C)[nH]n2)c1OC. The summed E-state index contributed by atoms with van der Waals surface area (Å²) in [5, 5.41) is 17.0. The summed E-state index contributed by atoms with van der Waals surface area (Å²) in [6.07, 6.45) is 1.95. The van der Waals surface area contributed by atoms with E-state index >= 15 is 0 Å². The molecule has 1 amide bonds. The van der Waals surface area contributed by atoms with Crippen LogP contribution in [0.4, 0.5) is 23.1 Å². The molecule has 4 N–H and O–H groups in total. The smallest absolute Gasteiger partial charge is 0.227 e. The molecule has 1 aromatic carbocycles. The van der Waals surface area contributed by atoms with Crippen molar-refractivity contribution in [2.45, 2.75) is 29.8 Å². The number of rotatable bonds is 11. The van der Waals surface area contributed by atoms with Gasteiger partial charge in [0, 0.05) is 41.9 Å². The number of hydrogen-bond donors (Lipinski definition) is 4. The second-order valence-corrected chi connectivity index (χ2v) is 8.65. The van der Waals surface area contributed by atoms with Crippen molar-refractivity contribution in [3.8, 4) is 5.75 Å². The third-order valence-corrected chi connectivity index (χ3v) is 5.75. The molecule has 0 atom stereocenters. The van der Waals surface area contributed by atoms with Crippen molar-refractivity contribution in [2.24, 2.45) is 5.92 Å². The van der Waals surface area contributed by atoms with Gasteiger partial charge in [-0.1, -0.05) is 0 Å². The summed E-state index contributed by atoms with van der Waals surface area (Å²) in [6, 6.07) is 9.51. The highest BCUT2D eigenvalue weighted by Crippen LogP contribution is 2.36. The average Bonchev–Trinajstić information content (AvgIpc) is 3.58. The van der Waals surface area contributed by atoms with Crippen molar-refractivity contribution in [3.63, 3.8) is 0 Å². The monoisotopic (exact) mass is 469 g/mol. The molecule has 1 aliphatic carbocycles. The van der Waals surface area contributed by atoms with Gasteiger partial charge in [0.2, 0.25) is 11.7 Å². The maximum atomic E-state index is 12.0. The summed E-state index contributed by atoms with van der Waals surface area (Å²) in [4.78, 5) is 22.2. The number of hydrogen-bond acceptors (Lipinski definition) is 9. The molecule has 0 bridgehead atoms. The molecular weight excluding hydrogens is 442 g/mol. The van der Waals surface area contributed by atoms with Crippen LogP contribution in [0.2, 0.25) is 0 Å². The van der Waals surface area contributed by atoms with Gasteiger partial charge in [0.15, 0.2) is 22.6 Å². The average molecular weight is 470 g/mol. The number of aryl methyl sites for hydroxylation is 1. The van der Waals surface area contributed by atoms with Crippen molar-refractivity contribution >= 4 is 40.8 Å². The van der Waals surface area contributed by atoms with Crippen LogP contribution in [0.25, 0.3) is 0 Å². The normalized spacial score (nSPS) is 12.9. The molecule has 1 fully saturated rings. The minimum atomic E-state index is 0.0879. The lowest BCUT2D eigenvalue weighted by Gasteiger charge is -2.15. The summed E-state index contributed by atoms with van der Waals surface area (Å²) in [5.41, 5.74) is 1.71. The van der Waals surface area contributed by atoms with Crippen LogP contribution in [0.1, 0.15) is 18.5 Å². The summed E-state index contributed by atoms with van der Waals surface area (Å²) in [6.45, 7) is 3.00. The highest BCUT2D eigenvalue weighted by atomic mass is 32.2. The van der Waals surface area contributed by atoms with E-state index in [9.17, 15) is 4.79 Å². The lowest BCUT2D eigenvalue weighted by atomic mass is 10.3. The summed E-state index contributed by atoms with van der Waals surface area (Å²) >= 11 is 1.41. The summed E-state index contributed by atoms with van der Waals surface area (Å²) < 4.78 is 10.7. The van der Waals surface area contributed by atoms with E-state index in [2.05, 4.69) is 36.1 Å². The molecule has 1 aliphatic rings. The molecule has 4 rings (SSSR count). The Morgan fingerprint density at radius 3 is 2.58 bits per heavy atom. The molecule has 1 saturated carbocycles. The Labute approximate surface area is 196 Å². The second-order valence-electron chi connectivity index (χ2n) is 7.61. The van der Waals surface area contributed by atoms with Crippen LogP contribution in [0.5, 0.6) is 5.75 Å². The molecule has 0 unspecified atom stereocenters. The van der Waals surface area contributed by atoms with Gasteiger partial charge < -0.3 is 25.4 Å². The van der Waals surface area contributed by atoms with Crippen molar-refractivity contribution in [1.82, 2.24) is 20.2 Å². The number of nitrogens with one attached hydrogen (secondary N) is 4. The van der Waals surface area contributed by atoms with Crippen LogP contribution < -0.4 is 20.7 Å². The molecule has 0 saturated heterocycles. The van der Waals surface area contributed by atoms with Crippen LogP contribution in [0.3, 0.4) is 0 Å². The minimum absolute atomic E-state index is 0.0879. The maximum absolute atomic E-state index is 12.0. The number of amides is 1. The van der Waals surface area contributed by atoms with Gasteiger partial charge in [-0.15, -0.1) is 0 Å². The Morgan fingerprint density at radius 1 is 1.18 bits per heavy atom. The number of H-pyrrole nitrogens is 1. The molecule has 2 aromatic heterocycles. The number of carbonyl (C=O) groups is 1. The van der Waals surface area contributed by atoms with Crippen molar-refractivity contribution in [3.05, 3.63) is 36.0 Å². The van der Waals surface area contributed by atoms with Gasteiger partial charge in [0.1, 0.15) is 0 Å². The zero-order valence-electron chi connectivity index (χ0n) is 18.8. The number of methoxy groups -OCH3 is 2. The first-order valence-electron chi connectivity index (χ1n) is 10.6. The molecular formula is C22H27N7O3S. The standard InChI is InChI=1S/C22H27N7O3S/c1-13-12-17(29-28-13)25-20-18(32-3)19(23-10-11-31-2)26-22(27-20)33-16-8-6-15(7-9-16)24-21(30)14-4-5-14/h6-9,12,14H,4-5,10-11H2,1-3H3,(H,24,30)(H3,23,25,26,27,28,29). The van der Waals surface area contributed by atoms with E-state index in [-0.39, 0.29) is 11.8 Å². The number of nitrogens with zero attached hydrogens (tertiary/aromatic N) is 3. The Kier molecular flexibility index (Phi) is 7.30. The molecule has 10 nitrogen and oxygen atoms in total. The minimum Gasteiger partial charge on any atom is -0.490 e. The number of aromatic amines is 1. The van der Waals surface area contributed by atoms with E-state index < -0.39 is 0 Å². The zero-order valence-corrected chi connectivity index (χ0v) is 19.6. The Balaban J connectivity index is 1.55. The van der Waals surface area contributed by atoms with E-state index in [0.717, 1.165) is 29.1 Å². The number of anilines is 4. The topological polar surface area (TPSA) is 126 Å². The van der Waals surface area contributed by atoms with E-state index in [1.807, 2.05) is 37.3 Å². The molecule has 0 radical (unpaired) electrons. The van der Waals surface area contributed by atoms with Gasteiger partial charge in [-0.3, -0.25) is 9.89 Å². The summed E-state index contributed by atoms with van der Waals surface area (Å²) in [5.74, 6) is 2.41. The van der Waals surface area contributed by atoms with Crippen LogP contribution in [-0.2, 0) is 9.53 Å². The van der Waals surface area contributed by atoms with E-state index in [1.165, 1.54) is 11.8 Å². The van der Waals surface area contributed by atoms with Gasteiger partial charge in [-0.2, -0.15) is 5.10 Å². The van der Waals surface area contributed by atoms with Gasteiger partial charge >= 0.3 is 0 Å². The van der Waals surface area contributed by atoms with E-state index in [1.54, 1.807) is 14.2 Å².